The van der Waals surface area contributed by atoms with Gasteiger partial charge in [-0.15, -0.1) is 0 Å². The lowest BCUT2D eigenvalue weighted by molar-refractivity contribution is -0.119. The second-order valence-corrected chi connectivity index (χ2v) is 8.40. The fraction of sp³-hybridized carbons (Fsp3) is 0.250. The zero-order valence-corrected chi connectivity index (χ0v) is 19.3. The van der Waals surface area contributed by atoms with E-state index in [1.807, 2.05) is 0 Å². The molecule has 1 aliphatic carbocycles. The van der Waals surface area contributed by atoms with E-state index in [9.17, 15) is 18.4 Å². The van der Waals surface area contributed by atoms with E-state index in [1.165, 1.54) is 18.2 Å². The lowest BCUT2D eigenvalue weighted by Gasteiger charge is -2.15. The third kappa shape index (κ3) is 4.81. The van der Waals surface area contributed by atoms with Crippen LogP contribution in [0.2, 0.25) is 5.02 Å². The molecule has 11 heteroatoms. The molecule has 1 saturated carbocycles. The number of rotatable bonds is 6. The number of nitriles is 1. The lowest BCUT2D eigenvalue weighted by atomic mass is 10.1. The highest BCUT2D eigenvalue weighted by Crippen LogP contribution is 2.55. The van der Waals surface area contributed by atoms with Crippen molar-refractivity contribution in [3.63, 3.8) is 0 Å². The second kappa shape index (κ2) is 9.35. The Morgan fingerprint density at radius 2 is 1.89 bits per heavy atom. The van der Waals surface area contributed by atoms with Crippen molar-refractivity contribution in [1.29, 1.82) is 5.26 Å². The molecule has 0 bridgehead atoms. The number of nitrogens with one attached hydrogen (secondary N) is 2. The number of aromatic nitrogens is 1. The zero-order chi connectivity index (χ0) is 25.3. The Morgan fingerprint density at radius 1 is 1.20 bits per heavy atom. The molecule has 3 aromatic rings. The van der Waals surface area contributed by atoms with E-state index in [0.29, 0.717) is 21.8 Å². The van der Waals surface area contributed by atoms with Crippen LogP contribution in [0.4, 0.5) is 25.0 Å². The van der Waals surface area contributed by atoms with E-state index in [0.717, 1.165) is 0 Å². The normalized spacial score (nSPS) is 18.7. The number of halogens is 3. The number of alkyl halides is 2. The summed E-state index contributed by atoms with van der Waals surface area (Å²) in [5.74, 6) is -7.30. The summed E-state index contributed by atoms with van der Waals surface area (Å²) >= 11 is 6.15. The first-order valence-electron chi connectivity index (χ1n) is 10.5. The Kier molecular flexibility index (Phi) is 6.45. The van der Waals surface area contributed by atoms with E-state index in [1.54, 1.807) is 50.2 Å². The highest BCUT2D eigenvalue weighted by Gasteiger charge is 2.72. The van der Waals surface area contributed by atoms with Gasteiger partial charge in [0.2, 0.25) is 5.91 Å². The van der Waals surface area contributed by atoms with Gasteiger partial charge in [-0.25, -0.2) is 13.6 Å². The maximum atomic E-state index is 13.5. The molecule has 0 aliphatic heterocycles. The fourth-order valence-electron chi connectivity index (χ4n) is 3.61. The average Bonchev–Trinajstić information content (AvgIpc) is 3.21. The molecule has 2 aromatic carbocycles. The number of benzene rings is 2. The Labute approximate surface area is 203 Å². The minimum Gasteiger partial charge on any atom is -0.441 e. The van der Waals surface area contributed by atoms with Crippen LogP contribution in [-0.2, 0) is 9.53 Å². The first kappa shape index (κ1) is 24.2. The largest absolute Gasteiger partial charge is 0.441 e. The first-order chi connectivity index (χ1) is 16.6. The van der Waals surface area contributed by atoms with Crippen molar-refractivity contribution >= 4 is 35.0 Å². The van der Waals surface area contributed by atoms with E-state index < -0.39 is 35.9 Å². The molecule has 0 saturated heterocycles. The van der Waals surface area contributed by atoms with Gasteiger partial charge in [0.25, 0.3) is 5.92 Å². The average molecular weight is 501 g/mol. The zero-order valence-electron chi connectivity index (χ0n) is 18.5. The minimum absolute atomic E-state index is 0.237. The molecule has 0 radical (unpaired) electrons. The molecular weight excluding hydrogens is 482 g/mol. The maximum absolute atomic E-state index is 13.5. The number of hydrogen-bond acceptors (Lipinski definition) is 6. The molecule has 2 amide bonds. The summed E-state index contributed by atoms with van der Waals surface area (Å²) in [7, 11) is 0. The van der Waals surface area contributed by atoms with Gasteiger partial charge in [-0.1, -0.05) is 35.0 Å². The summed E-state index contributed by atoms with van der Waals surface area (Å²) in [6, 6.07) is 14.5. The Balaban J connectivity index is 1.44. The van der Waals surface area contributed by atoms with Gasteiger partial charge in [0.1, 0.15) is 29.3 Å². The minimum atomic E-state index is -3.32. The van der Waals surface area contributed by atoms with Gasteiger partial charge >= 0.3 is 6.09 Å². The van der Waals surface area contributed by atoms with Gasteiger partial charge in [0.15, 0.2) is 5.76 Å². The molecule has 2 unspecified atom stereocenters. The number of anilines is 2. The quantitative estimate of drug-likeness (QED) is 0.431. The number of aryl methyl sites for hydroxylation is 1. The number of nitrogens with zero attached hydrogens (tertiary/aromatic N) is 2. The summed E-state index contributed by atoms with van der Waals surface area (Å²) < 4.78 is 37.8. The van der Waals surface area contributed by atoms with E-state index >= 15 is 0 Å². The molecular formula is C24H19ClF2N4O4. The maximum Gasteiger partial charge on any atom is 0.412 e. The summed E-state index contributed by atoms with van der Waals surface area (Å²) in [5.41, 5.74) is 2.10. The molecule has 0 spiro atoms. The molecule has 3 atom stereocenters. The molecule has 35 heavy (non-hydrogen) atoms. The van der Waals surface area contributed by atoms with Gasteiger partial charge in [-0.3, -0.25) is 10.1 Å². The summed E-state index contributed by atoms with van der Waals surface area (Å²) in [6.07, 6.45) is -1.36. The predicted octanol–water partition coefficient (Wildman–Crippen LogP) is 5.96. The molecule has 1 fully saturated rings. The van der Waals surface area contributed by atoms with E-state index in [4.69, 9.17) is 26.1 Å². The molecule has 1 aromatic heterocycles. The van der Waals surface area contributed by atoms with Gasteiger partial charge in [0, 0.05) is 21.8 Å². The molecule has 4 rings (SSSR count). The Hall–Kier alpha value is -3.97. The van der Waals surface area contributed by atoms with Crippen molar-refractivity contribution in [2.24, 2.45) is 11.8 Å². The summed E-state index contributed by atoms with van der Waals surface area (Å²) in [5, 5.41) is 18.1. The van der Waals surface area contributed by atoms with Crippen LogP contribution in [0.1, 0.15) is 24.3 Å². The van der Waals surface area contributed by atoms with Crippen LogP contribution < -0.4 is 10.6 Å². The third-order valence-electron chi connectivity index (χ3n) is 5.61. The highest BCUT2D eigenvalue weighted by molar-refractivity contribution is 6.31. The van der Waals surface area contributed by atoms with Gasteiger partial charge in [0.05, 0.1) is 6.07 Å². The number of hydrogen-bond donors (Lipinski definition) is 2. The van der Waals surface area contributed by atoms with E-state index in [-0.39, 0.29) is 17.1 Å². The Bertz CT molecular complexity index is 1320. The standard InChI is InChI=1S/C24H19ClF2N4O4/c1-12-20(30-23(33)34-13(2)16-5-3-4-6-18(16)25)21(35-31-12)14-7-9-15(10-8-14)29-22(32)19-17(11-28)24(19,26)27/h3-10,13,17,19H,1-2H3,(H,29,32)(H,30,33)/t13-,17?,19?/m1/s1. The summed E-state index contributed by atoms with van der Waals surface area (Å²) in [6.45, 7) is 3.32. The van der Waals surface area contributed by atoms with Crippen LogP contribution in [-0.4, -0.2) is 23.1 Å². The van der Waals surface area contributed by atoms with Crippen molar-refractivity contribution in [2.45, 2.75) is 25.9 Å². The predicted molar refractivity (Wildman–Crippen MR) is 123 cm³/mol. The van der Waals surface area contributed by atoms with Crippen molar-refractivity contribution in [3.8, 4) is 17.4 Å². The number of carbonyl (C=O) groups is 2. The number of carbonyl (C=O) groups excluding carboxylic acids is 2. The third-order valence-corrected chi connectivity index (χ3v) is 5.95. The monoisotopic (exact) mass is 500 g/mol. The van der Waals surface area contributed by atoms with Gasteiger partial charge in [-0.2, -0.15) is 5.26 Å². The van der Waals surface area contributed by atoms with Crippen molar-refractivity contribution in [2.75, 3.05) is 10.6 Å². The fourth-order valence-corrected chi connectivity index (χ4v) is 3.90. The van der Waals surface area contributed by atoms with Crippen LogP contribution in [0.3, 0.4) is 0 Å². The van der Waals surface area contributed by atoms with Gasteiger partial charge < -0.3 is 14.6 Å². The molecule has 8 nitrogen and oxygen atoms in total. The van der Waals surface area contributed by atoms with Crippen LogP contribution >= 0.6 is 11.6 Å². The SMILES string of the molecule is Cc1noc(-c2ccc(NC(=O)C3C(C#N)C3(F)F)cc2)c1NC(=O)O[C@H](C)c1ccccc1Cl. The Morgan fingerprint density at radius 3 is 2.51 bits per heavy atom. The highest BCUT2D eigenvalue weighted by atomic mass is 35.5. The topological polar surface area (TPSA) is 117 Å². The van der Waals surface area contributed by atoms with Crippen molar-refractivity contribution < 1.29 is 27.6 Å². The summed E-state index contributed by atoms with van der Waals surface area (Å²) in [4.78, 5) is 24.6. The van der Waals surface area contributed by atoms with Crippen LogP contribution in [0.25, 0.3) is 11.3 Å². The van der Waals surface area contributed by atoms with Crippen molar-refractivity contribution in [1.82, 2.24) is 5.16 Å². The van der Waals surface area contributed by atoms with Crippen LogP contribution in [0, 0.1) is 30.1 Å². The lowest BCUT2D eigenvalue weighted by Crippen LogP contribution is -2.17. The first-order valence-corrected chi connectivity index (χ1v) is 10.9. The smallest absolute Gasteiger partial charge is 0.412 e. The molecule has 1 heterocycles. The molecule has 2 N–H and O–H groups in total. The van der Waals surface area contributed by atoms with Crippen molar-refractivity contribution in [3.05, 3.63) is 64.8 Å². The van der Waals surface area contributed by atoms with Crippen LogP contribution in [0.15, 0.2) is 53.1 Å². The van der Waals surface area contributed by atoms with Gasteiger partial charge in [-0.05, 0) is 44.2 Å². The van der Waals surface area contributed by atoms with Crippen LogP contribution in [0.5, 0.6) is 0 Å². The number of ether oxygens (including phenoxy) is 1. The molecule has 180 valence electrons. The molecule has 1 aliphatic rings. The van der Waals surface area contributed by atoms with E-state index in [2.05, 4.69) is 15.8 Å². The second-order valence-electron chi connectivity index (χ2n) is 7.99. The number of amides is 2.